The lowest BCUT2D eigenvalue weighted by molar-refractivity contribution is 0.371. The number of nitrogens with zero attached hydrogens (tertiary/aromatic N) is 4. The summed E-state index contributed by atoms with van der Waals surface area (Å²) in [6, 6.07) is 6.14. The molecule has 5 nitrogen and oxygen atoms in total. The second-order valence-electron chi connectivity index (χ2n) is 4.97. The zero-order valence-corrected chi connectivity index (χ0v) is 11.3. The second-order valence-corrected chi connectivity index (χ2v) is 4.97. The fraction of sp³-hybridized carbons (Fsp3) is 0.462. The Hall–Kier alpha value is -1.91. The Labute approximate surface area is 107 Å². The van der Waals surface area contributed by atoms with Gasteiger partial charge in [0.25, 0.3) is 0 Å². The van der Waals surface area contributed by atoms with E-state index in [2.05, 4.69) is 36.3 Å². The Balaban J connectivity index is 2.52. The molecule has 1 unspecified atom stereocenters. The highest BCUT2D eigenvalue weighted by molar-refractivity contribution is 5.74. The molecular weight excluding hydrogens is 226 g/mol. The molecule has 0 saturated carbocycles. The van der Waals surface area contributed by atoms with Crippen molar-refractivity contribution in [2.24, 2.45) is 5.92 Å². The number of hydrogen-bond donors (Lipinski definition) is 1. The van der Waals surface area contributed by atoms with Crippen LogP contribution in [0.5, 0.6) is 0 Å². The SMILES string of the molecule is Cc1cccc(-c2nnnn2C(C)C(C)C)c1N. The Kier molecular flexibility index (Phi) is 3.32. The van der Waals surface area contributed by atoms with Crippen molar-refractivity contribution >= 4 is 5.69 Å². The molecule has 0 aliphatic rings. The molecule has 0 spiro atoms. The summed E-state index contributed by atoms with van der Waals surface area (Å²) in [6.07, 6.45) is 0. The average Bonchev–Trinajstić information content (AvgIpc) is 2.80. The lowest BCUT2D eigenvalue weighted by atomic mass is 10.0. The van der Waals surface area contributed by atoms with Gasteiger partial charge in [-0.15, -0.1) is 5.10 Å². The summed E-state index contributed by atoms with van der Waals surface area (Å²) in [5.74, 6) is 1.19. The first-order chi connectivity index (χ1) is 8.52. The molecule has 0 aliphatic carbocycles. The predicted molar refractivity (Wildman–Crippen MR) is 72.0 cm³/mol. The van der Waals surface area contributed by atoms with Crippen molar-refractivity contribution < 1.29 is 0 Å². The minimum atomic E-state index is 0.231. The molecule has 0 amide bonds. The van der Waals surface area contributed by atoms with Gasteiger partial charge in [0.15, 0.2) is 5.82 Å². The maximum absolute atomic E-state index is 6.11. The molecule has 1 aromatic carbocycles. The first kappa shape index (κ1) is 12.5. The molecule has 2 aromatic rings. The van der Waals surface area contributed by atoms with Crippen LogP contribution in [0.25, 0.3) is 11.4 Å². The van der Waals surface area contributed by atoms with Crippen LogP contribution in [0.15, 0.2) is 18.2 Å². The van der Waals surface area contributed by atoms with Gasteiger partial charge in [0, 0.05) is 11.3 Å². The number of tetrazole rings is 1. The van der Waals surface area contributed by atoms with Crippen LogP contribution in [0.3, 0.4) is 0 Å². The first-order valence-electron chi connectivity index (χ1n) is 6.15. The van der Waals surface area contributed by atoms with Crippen molar-refractivity contribution in [3.05, 3.63) is 23.8 Å². The van der Waals surface area contributed by atoms with Gasteiger partial charge in [0.05, 0.1) is 6.04 Å². The van der Waals surface area contributed by atoms with Crippen LogP contribution in [-0.2, 0) is 0 Å². The van der Waals surface area contributed by atoms with Crippen molar-refractivity contribution in [1.29, 1.82) is 0 Å². The Bertz CT molecular complexity index is 544. The summed E-state index contributed by atoms with van der Waals surface area (Å²) in [4.78, 5) is 0. The number of rotatable bonds is 3. The van der Waals surface area contributed by atoms with Crippen LogP contribution >= 0.6 is 0 Å². The fourth-order valence-electron chi connectivity index (χ4n) is 1.80. The molecule has 0 fully saturated rings. The third kappa shape index (κ3) is 2.08. The third-order valence-electron chi connectivity index (χ3n) is 3.41. The molecule has 0 aliphatic heterocycles. The summed E-state index contributed by atoms with van der Waals surface area (Å²) in [6.45, 7) is 8.39. The zero-order valence-electron chi connectivity index (χ0n) is 11.3. The maximum atomic E-state index is 6.11. The summed E-state index contributed by atoms with van der Waals surface area (Å²) in [7, 11) is 0. The lowest BCUT2D eigenvalue weighted by Gasteiger charge is -2.17. The van der Waals surface area contributed by atoms with E-state index in [1.54, 1.807) is 0 Å². The molecule has 2 rings (SSSR count). The topological polar surface area (TPSA) is 69.6 Å². The monoisotopic (exact) mass is 245 g/mol. The van der Waals surface area contributed by atoms with Gasteiger partial charge in [-0.2, -0.15) is 0 Å². The molecule has 0 bridgehead atoms. The minimum absolute atomic E-state index is 0.231. The van der Waals surface area contributed by atoms with Crippen LogP contribution in [0.4, 0.5) is 5.69 Å². The number of anilines is 1. The van der Waals surface area contributed by atoms with E-state index in [1.165, 1.54) is 0 Å². The molecule has 1 atom stereocenters. The van der Waals surface area contributed by atoms with Gasteiger partial charge in [-0.05, 0) is 41.8 Å². The van der Waals surface area contributed by atoms with Gasteiger partial charge in [-0.1, -0.05) is 26.0 Å². The van der Waals surface area contributed by atoms with E-state index in [1.807, 2.05) is 29.8 Å². The number of nitrogen functional groups attached to an aromatic ring is 1. The van der Waals surface area contributed by atoms with Gasteiger partial charge in [-0.25, -0.2) is 4.68 Å². The summed E-state index contributed by atoms with van der Waals surface area (Å²) in [5.41, 5.74) is 8.79. The molecule has 96 valence electrons. The van der Waals surface area contributed by atoms with E-state index in [4.69, 9.17) is 5.73 Å². The smallest absolute Gasteiger partial charge is 0.184 e. The van der Waals surface area contributed by atoms with E-state index in [9.17, 15) is 0 Å². The summed E-state index contributed by atoms with van der Waals surface area (Å²) < 4.78 is 1.84. The Morgan fingerprint density at radius 2 is 1.94 bits per heavy atom. The Morgan fingerprint density at radius 3 is 2.61 bits per heavy atom. The first-order valence-corrected chi connectivity index (χ1v) is 6.15. The van der Waals surface area contributed by atoms with Gasteiger partial charge in [-0.3, -0.25) is 0 Å². The van der Waals surface area contributed by atoms with Gasteiger partial charge >= 0.3 is 0 Å². The van der Waals surface area contributed by atoms with E-state index in [0.29, 0.717) is 5.92 Å². The number of nitrogens with two attached hydrogens (primary N) is 1. The predicted octanol–water partition coefficient (Wildman–Crippen LogP) is 2.45. The molecular formula is C13H19N5. The molecule has 2 N–H and O–H groups in total. The van der Waals surface area contributed by atoms with Crippen molar-refractivity contribution in [3.8, 4) is 11.4 Å². The highest BCUT2D eigenvalue weighted by atomic mass is 15.5. The number of hydrogen-bond acceptors (Lipinski definition) is 4. The number of aryl methyl sites for hydroxylation is 1. The molecule has 0 radical (unpaired) electrons. The fourth-order valence-corrected chi connectivity index (χ4v) is 1.80. The average molecular weight is 245 g/mol. The highest BCUT2D eigenvalue weighted by Crippen LogP contribution is 2.29. The number of para-hydroxylation sites is 1. The molecule has 1 heterocycles. The van der Waals surface area contributed by atoms with Gasteiger partial charge < -0.3 is 5.73 Å². The lowest BCUT2D eigenvalue weighted by Crippen LogP contribution is -2.15. The van der Waals surface area contributed by atoms with Crippen LogP contribution in [-0.4, -0.2) is 20.2 Å². The normalized spacial score (nSPS) is 12.9. The largest absolute Gasteiger partial charge is 0.398 e. The summed E-state index contributed by atoms with van der Waals surface area (Å²) >= 11 is 0. The molecule has 1 aromatic heterocycles. The van der Waals surface area contributed by atoms with Gasteiger partial charge in [0.2, 0.25) is 0 Å². The van der Waals surface area contributed by atoms with Crippen LogP contribution in [0, 0.1) is 12.8 Å². The van der Waals surface area contributed by atoms with E-state index in [0.717, 1.165) is 22.6 Å². The minimum Gasteiger partial charge on any atom is -0.398 e. The van der Waals surface area contributed by atoms with Crippen LogP contribution in [0.2, 0.25) is 0 Å². The van der Waals surface area contributed by atoms with Crippen molar-refractivity contribution in [3.63, 3.8) is 0 Å². The van der Waals surface area contributed by atoms with Crippen LogP contribution < -0.4 is 5.73 Å². The van der Waals surface area contributed by atoms with E-state index < -0.39 is 0 Å². The second kappa shape index (κ2) is 4.76. The molecule has 5 heteroatoms. The maximum Gasteiger partial charge on any atom is 0.184 e. The zero-order chi connectivity index (χ0) is 13.3. The quantitative estimate of drug-likeness (QED) is 0.843. The standard InChI is InChI=1S/C13H19N5/c1-8(2)10(4)18-13(15-16-17-18)11-7-5-6-9(3)12(11)14/h5-8,10H,14H2,1-4H3. The van der Waals surface area contributed by atoms with Crippen molar-refractivity contribution in [2.45, 2.75) is 33.7 Å². The van der Waals surface area contributed by atoms with E-state index >= 15 is 0 Å². The number of benzene rings is 1. The van der Waals surface area contributed by atoms with Crippen LogP contribution in [0.1, 0.15) is 32.4 Å². The summed E-state index contributed by atoms with van der Waals surface area (Å²) in [5, 5.41) is 12.0. The molecule has 18 heavy (non-hydrogen) atoms. The third-order valence-corrected chi connectivity index (χ3v) is 3.41. The highest BCUT2D eigenvalue weighted by Gasteiger charge is 2.19. The van der Waals surface area contributed by atoms with Gasteiger partial charge in [0.1, 0.15) is 0 Å². The van der Waals surface area contributed by atoms with E-state index in [-0.39, 0.29) is 6.04 Å². The molecule has 0 saturated heterocycles. The van der Waals surface area contributed by atoms with Crippen molar-refractivity contribution in [2.75, 3.05) is 5.73 Å². The Morgan fingerprint density at radius 1 is 1.22 bits per heavy atom. The van der Waals surface area contributed by atoms with Crippen molar-refractivity contribution in [1.82, 2.24) is 20.2 Å². The number of aromatic nitrogens is 4.